The Labute approximate surface area is 224 Å². The number of azo groups is 1. The molecule has 0 aliphatic heterocycles. The van der Waals surface area contributed by atoms with Crippen LogP contribution in [-0.4, -0.2) is 32.1 Å². The first-order valence-corrected chi connectivity index (χ1v) is 12.3. The maximum atomic E-state index is 13.1. The topological polar surface area (TPSA) is 129 Å². The predicted octanol–water partition coefficient (Wildman–Crippen LogP) is 6.77. The smallest absolute Gasteiger partial charge is 0.344 e. The summed E-state index contributed by atoms with van der Waals surface area (Å²) in [4.78, 5) is 24.4. The van der Waals surface area contributed by atoms with Gasteiger partial charge in [0.15, 0.2) is 17.5 Å². The Balaban J connectivity index is 1.69. The number of rotatable bonds is 8. The summed E-state index contributed by atoms with van der Waals surface area (Å²) in [6.07, 6.45) is -0.712. The summed E-state index contributed by atoms with van der Waals surface area (Å²) < 4.78 is 6.97. The van der Waals surface area contributed by atoms with Crippen LogP contribution in [0.25, 0.3) is 16.8 Å². The summed E-state index contributed by atoms with van der Waals surface area (Å²) in [5.41, 5.74) is 3.99. The Kier molecular flexibility index (Phi) is 7.68. The number of carboxylic acid groups (broad SMARTS) is 1. The molecule has 0 saturated heterocycles. The fourth-order valence-electron chi connectivity index (χ4n) is 3.90. The third kappa shape index (κ3) is 5.47. The number of benzene rings is 3. The molecular weight excluding hydrogens is 508 g/mol. The molecule has 38 heavy (non-hydrogen) atoms. The average molecular weight is 535 g/mol. The second kappa shape index (κ2) is 10.9. The van der Waals surface area contributed by atoms with Crippen LogP contribution in [0.3, 0.4) is 0 Å². The molecule has 9 nitrogen and oxygen atoms in total. The molecular formula is C28H27ClN4O5. The molecule has 0 bridgehead atoms. The van der Waals surface area contributed by atoms with Gasteiger partial charge in [0, 0.05) is 10.6 Å². The number of nitrogens with one attached hydrogen (secondary N) is 1. The lowest BCUT2D eigenvalue weighted by molar-refractivity contribution is -0.145. The highest BCUT2D eigenvalue weighted by molar-refractivity contribution is 6.31. The largest absolute Gasteiger partial charge is 0.505 e. The maximum absolute atomic E-state index is 13.1. The number of H-pyrrole nitrogens is 1. The van der Waals surface area contributed by atoms with Crippen molar-refractivity contribution >= 4 is 28.9 Å². The SMILES string of the molecule is CCC(Oc1cccc(-c2cc(Cl)cc(N=Nc3c(C)[nH]n(-c4ccc(C)c(C)c4)c3=O)c2O)c1)C(=O)O. The highest BCUT2D eigenvalue weighted by Gasteiger charge is 2.18. The summed E-state index contributed by atoms with van der Waals surface area (Å²) in [7, 11) is 0. The second-order valence-electron chi connectivity index (χ2n) is 8.90. The fraction of sp³-hybridized carbons (Fsp3) is 0.214. The van der Waals surface area contributed by atoms with Crippen LogP contribution in [0.4, 0.5) is 11.4 Å². The summed E-state index contributed by atoms with van der Waals surface area (Å²) >= 11 is 6.32. The minimum atomic E-state index is -1.07. The van der Waals surface area contributed by atoms with Crippen LogP contribution in [0, 0.1) is 20.8 Å². The molecule has 0 aliphatic rings. The van der Waals surface area contributed by atoms with Crippen molar-refractivity contribution in [3.8, 4) is 28.3 Å². The number of carbonyl (C=O) groups is 1. The minimum Gasteiger partial charge on any atom is -0.505 e. The van der Waals surface area contributed by atoms with E-state index in [9.17, 15) is 19.8 Å². The van der Waals surface area contributed by atoms with Crippen molar-refractivity contribution in [2.24, 2.45) is 10.2 Å². The number of ether oxygens (including phenoxy) is 1. The van der Waals surface area contributed by atoms with Gasteiger partial charge in [0.2, 0.25) is 0 Å². The van der Waals surface area contributed by atoms with Crippen molar-refractivity contribution in [1.29, 1.82) is 0 Å². The van der Waals surface area contributed by atoms with E-state index in [0.29, 0.717) is 28.3 Å². The molecule has 1 heterocycles. The molecule has 3 aromatic carbocycles. The van der Waals surface area contributed by atoms with Gasteiger partial charge >= 0.3 is 5.97 Å². The van der Waals surface area contributed by atoms with E-state index in [-0.39, 0.29) is 34.1 Å². The van der Waals surface area contributed by atoms with Crippen LogP contribution in [-0.2, 0) is 4.79 Å². The molecule has 0 aliphatic carbocycles. The van der Waals surface area contributed by atoms with Gasteiger partial charge in [-0.25, -0.2) is 9.48 Å². The molecule has 0 radical (unpaired) electrons. The summed E-state index contributed by atoms with van der Waals surface area (Å²) in [6.45, 7) is 7.39. The average Bonchev–Trinajstić information content (AvgIpc) is 3.17. The number of aryl methyl sites for hydroxylation is 3. The van der Waals surface area contributed by atoms with Crippen molar-refractivity contribution in [3.05, 3.63) is 86.8 Å². The Morgan fingerprint density at radius 3 is 2.53 bits per heavy atom. The van der Waals surface area contributed by atoms with Crippen LogP contribution in [0.2, 0.25) is 5.02 Å². The highest BCUT2D eigenvalue weighted by Crippen LogP contribution is 2.41. The lowest BCUT2D eigenvalue weighted by atomic mass is 10.0. The number of hydrogen-bond donors (Lipinski definition) is 3. The summed E-state index contributed by atoms with van der Waals surface area (Å²) in [6, 6.07) is 15.3. The van der Waals surface area contributed by atoms with Gasteiger partial charge in [0.05, 0.1) is 11.4 Å². The van der Waals surface area contributed by atoms with Gasteiger partial charge in [-0.05, 0) is 80.3 Å². The molecule has 10 heteroatoms. The number of carboxylic acids is 1. The second-order valence-corrected chi connectivity index (χ2v) is 9.33. The van der Waals surface area contributed by atoms with Gasteiger partial charge in [-0.3, -0.25) is 9.89 Å². The predicted molar refractivity (Wildman–Crippen MR) is 146 cm³/mol. The van der Waals surface area contributed by atoms with E-state index < -0.39 is 12.1 Å². The number of aromatic hydroxyl groups is 1. The molecule has 0 amide bonds. The lowest BCUT2D eigenvalue weighted by Crippen LogP contribution is -2.25. The molecule has 196 valence electrons. The molecule has 3 N–H and O–H groups in total. The third-order valence-corrected chi connectivity index (χ3v) is 6.39. The molecule has 4 aromatic rings. The third-order valence-electron chi connectivity index (χ3n) is 6.17. The number of phenolic OH excluding ortho intramolecular Hbond substituents is 1. The number of nitrogens with zero attached hydrogens (tertiary/aromatic N) is 3. The standard InChI is InChI=1S/C28H27ClN4O5/c1-5-24(28(36)37)38-21-8-6-7-18(12-21)22-13-19(29)14-23(26(22)34)30-31-25-17(4)32-33(27(25)35)20-10-9-15(2)16(3)11-20/h6-14,24,32,34H,5H2,1-4H3,(H,36,37). The van der Waals surface area contributed by atoms with Crippen molar-refractivity contribution in [2.75, 3.05) is 0 Å². The zero-order valence-corrected chi connectivity index (χ0v) is 22.1. The first-order valence-electron chi connectivity index (χ1n) is 11.9. The Morgan fingerprint density at radius 1 is 1.08 bits per heavy atom. The molecule has 1 atom stereocenters. The summed E-state index contributed by atoms with van der Waals surface area (Å²) in [5, 5.41) is 31.9. The zero-order chi connectivity index (χ0) is 27.6. The van der Waals surface area contributed by atoms with Gasteiger partial charge < -0.3 is 14.9 Å². The fourth-order valence-corrected chi connectivity index (χ4v) is 4.11. The van der Waals surface area contributed by atoms with Gasteiger partial charge in [-0.1, -0.05) is 36.7 Å². The van der Waals surface area contributed by atoms with E-state index in [0.717, 1.165) is 11.1 Å². The van der Waals surface area contributed by atoms with Gasteiger partial charge in [-0.15, -0.1) is 10.2 Å². The molecule has 1 aromatic heterocycles. The van der Waals surface area contributed by atoms with Crippen LogP contribution in [0.5, 0.6) is 11.5 Å². The van der Waals surface area contributed by atoms with E-state index in [4.69, 9.17) is 16.3 Å². The number of aromatic amines is 1. The first kappa shape index (κ1) is 26.7. The van der Waals surface area contributed by atoms with Crippen LogP contribution >= 0.6 is 11.6 Å². The quantitative estimate of drug-likeness (QED) is 0.215. The van der Waals surface area contributed by atoms with Crippen LogP contribution in [0.1, 0.15) is 30.2 Å². The Bertz CT molecular complexity index is 1610. The van der Waals surface area contributed by atoms with E-state index in [1.807, 2.05) is 32.0 Å². The molecule has 0 fully saturated rings. The van der Waals surface area contributed by atoms with E-state index in [2.05, 4.69) is 15.3 Å². The zero-order valence-electron chi connectivity index (χ0n) is 21.3. The number of phenols is 1. The Hall–Kier alpha value is -4.37. The first-order chi connectivity index (χ1) is 18.1. The summed E-state index contributed by atoms with van der Waals surface area (Å²) in [5.74, 6) is -0.944. The maximum Gasteiger partial charge on any atom is 0.344 e. The van der Waals surface area contributed by atoms with Crippen molar-refractivity contribution in [2.45, 2.75) is 40.2 Å². The lowest BCUT2D eigenvalue weighted by Gasteiger charge is -2.14. The van der Waals surface area contributed by atoms with Crippen LogP contribution in [0.15, 0.2) is 69.6 Å². The molecule has 4 rings (SSSR count). The normalized spacial score (nSPS) is 12.1. The molecule has 1 unspecified atom stereocenters. The van der Waals surface area contributed by atoms with Gasteiger partial charge in [0.25, 0.3) is 5.56 Å². The monoisotopic (exact) mass is 534 g/mol. The van der Waals surface area contributed by atoms with Crippen molar-refractivity contribution in [1.82, 2.24) is 9.78 Å². The number of aromatic nitrogens is 2. The van der Waals surface area contributed by atoms with E-state index in [1.54, 1.807) is 44.2 Å². The minimum absolute atomic E-state index is 0.0634. The number of hydrogen-bond acceptors (Lipinski definition) is 6. The van der Waals surface area contributed by atoms with Crippen molar-refractivity contribution < 1.29 is 19.7 Å². The van der Waals surface area contributed by atoms with Crippen LogP contribution < -0.4 is 10.3 Å². The van der Waals surface area contributed by atoms with Crippen molar-refractivity contribution in [3.63, 3.8) is 0 Å². The molecule has 0 saturated carbocycles. The highest BCUT2D eigenvalue weighted by atomic mass is 35.5. The number of halogens is 1. The van der Waals surface area contributed by atoms with Gasteiger partial charge in [-0.2, -0.15) is 0 Å². The molecule has 0 spiro atoms. The van der Waals surface area contributed by atoms with Gasteiger partial charge in [0.1, 0.15) is 11.4 Å². The Morgan fingerprint density at radius 2 is 1.84 bits per heavy atom. The van der Waals surface area contributed by atoms with E-state index in [1.165, 1.54) is 10.7 Å². The number of aliphatic carboxylic acids is 1. The van der Waals surface area contributed by atoms with E-state index >= 15 is 0 Å².